The van der Waals surface area contributed by atoms with Crippen LogP contribution in [0.4, 0.5) is 11.7 Å². The van der Waals surface area contributed by atoms with Gasteiger partial charge in [0.25, 0.3) is 17.8 Å². The average Bonchev–Trinajstić information content (AvgIpc) is 3.58. The number of hydrogen-bond acceptors (Lipinski definition) is 10. The SMILES string of the molecule is O=C(Nc1cnccc1C(=O)N[C@H]1CCOC1)c1coc(N2CCC(Oc3ncccn3)CC2)n1. The first-order valence-electron chi connectivity index (χ1n) is 11.4. The van der Waals surface area contributed by atoms with Gasteiger partial charge in [-0.25, -0.2) is 9.97 Å². The highest BCUT2D eigenvalue weighted by Crippen LogP contribution is 2.22. The zero-order valence-corrected chi connectivity index (χ0v) is 18.9. The number of pyridine rings is 1. The lowest BCUT2D eigenvalue weighted by Crippen LogP contribution is -2.38. The molecule has 2 aliphatic heterocycles. The number of nitrogens with one attached hydrogen (secondary N) is 2. The number of amides is 2. The molecule has 0 bridgehead atoms. The maximum atomic E-state index is 12.8. The number of aromatic nitrogens is 4. The Morgan fingerprint density at radius 3 is 2.69 bits per heavy atom. The van der Waals surface area contributed by atoms with Crippen LogP contribution in [0.5, 0.6) is 6.01 Å². The first-order valence-corrected chi connectivity index (χ1v) is 11.4. The highest BCUT2D eigenvalue weighted by atomic mass is 16.5. The summed E-state index contributed by atoms with van der Waals surface area (Å²) in [6.07, 6.45) is 9.74. The zero-order valence-electron chi connectivity index (χ0n) is 18.9. The molecule has 0 spiro atoms. The maximum absolute atomic E-state index is 12.8. The van der Waals surface area contributed by atoms with Crippen molar-refractivity contribution in [3.8, 4) is 6.01 Å². The Bertz CT molecular complexity index is 1160. The van der Waals surface area contributed by atoms with Gasteiger partial charge < -0.3 is 29.4 Å². The molecule has 0 saturated carbocycles. The van der Waals surface area contributed by atoms with E-state index in [4.69, 9.17) is 13.9 Å². The van der Waals surface area contributed by atoms with E-state index in [-0.39, 0.29) is 23.7 Å². The van der Waals surface area contributed by atoms with E-state index >= 15 is 0 Å². The molecule has 12 heteroatoms. The van der Waals surface area contributed by atoms with Crippen LogP contribution in [-0.4, -0.2) is 70.2 Å². The summed E-state index contributed by atoms with van der Waals surface area (Å²) in [5.41, 5.74) is 0.712. The normalized spacial score (nSPS) is 18.3. The van der Waals surface area contributed by atoms with E-state index in [1.807, 2.05) is 4.90 Å². The second-order valence-electron chi connectivity index (χ2n) is 8.26. The van der Waals surface area contributed by atoms with Gasteiger partial charge in [-0.05, 0) is 18.6 Å². The zero-order chi connectivity index (χ0) is 24.0. The van der Waals surface area contributed by atoms with E-state index < -0.39 is 5.91 Å². The number of carbonyl (C=O) groups is 2. The topological polar surface area (TPSA) is 145 Å². The Morgan fingerprint density at radius 2 is 1.91 bits per heavy atom. The first-order chi connectivity index (χ1) is 17.2. The van der Waals surface area contributed by atoms with Gasteiger partial charge >= 0.3 is 6.01 Å². The Morgan fingerprint density at radius 1 is 1.09 bits per heavy atom. The fraction of sp³-hybridized carbons (Fsp3) is 0.391. The number of rotatable bonds is 7. The standard InChI is InChI=1S/C23H25N7O5/c31-20(27-15-5-11-33-13-15)17-2-8-24-12-18(17)28-21(32)19-14-34-23(29-19)30-9-3-16(4-10-30)35-22-25-6-1-7-26-22/h1-2,6-8,12,14-16H,3-5,9-11,13H2,(H,27,31)(H,28,32)/t15-/m0/s1. The summed E-state index contributed by atoms with van der Waals surface area (Å²) in [4.78, 5) is 44.0. The summed E-state index contributed by atoms with van der Waals surface area (Å²) < 4.78 is 16.7. The predicted molar refractivity (Wildman–Crippen MR) is 123 cm³/mol. The van der Waals surface area contributed by atoms with Crippen molar-refractivity contribution in [2.24, 2.45) is 0 Å². The molecule has 2 saturated heterocycles. The van der Waals surface area contributed by atoms with E-state index in [9.17, 15) is 9.59 Å². The van der Waals surface area contributed by atoms with Crippen LogP contribution in [-0.2, 0) is 4.74 Å². The minimum atomic E-state index is -0.495. The molecule has 2 fully saturated rings. The molecule has 0 aliphatic carbocycles. The smallest absolute Gasteiger partial charge is 0.316 e. The van der Waals surface area contributed by atoms with Crippen molar-refractivity contribution >= 4 is 23.5 Å². The molecule has 12 nitrogen and oxygen atoms in total. The Balaban J connectivity index is 1.18. The van der Waals surface area contributed by atoms with Crippen LogP contribution in [0, 0.1) is 0 Å². The van der Waals surface area contributed by atoms with Crippen molar-refractivity contribution in [2.45, 2.75) is 31.4 Å². The van der Waals surface area contributed by atoms with Gasteiger partial charge in [-0.2, -0.15) is 4.98 Å². The van der Waals surface area contributed by atoms with E-state index in [2.05, 4.69) is 30.6 Å². The van der Waals surface area contributed by atoms with Crippen molar-refractivity contribution in [2.75, 3.05) is 36.5 Å². The predicted octanol–water partition coefficient (Wildman–Crippen LogP) is 1.68. The lowest BCUT2D eigenvalue weighted by Gasteiger charge is -2.30. The van der Waals surface area contributed by atoms with Crippen molar-refractivity contribution < 1.29 is 23.5 Å². The Hall–Kier alpha value is -4.06. The lowest BCUT2D eigenvalue weighted by atomic mass is 10.1. The van der Waals surface area contributed by atoms with Gasteiger partial charge in [0.1, 0.15) is 12.4 Å². The summed E-state index contributed by atoms with van der Waals surface area (Å²) in [6, 6.07) is 3.96. The number of ether oxygens (including phenoxy) is 2. The molecule has 3 aromatic heterocycles. The van der Waals surface area contributed by atoms with Gasteiger partial charge in [-0.15, -0.1) is 0 Å². The van der Waals surface area contributed by atoms with Crippen LogP contribution < -0.4 is 20.3 Å². The highest BCUT2D eigenvalue weighted by molar-refractivity contribution is 6.08. The highest BCUT2D eigenvalue weighted by Gasteiger charge is 2.26. The summed E-state index contributed by atoms with van der Waals surface area (Å²) >= 11 is 0. The molecular formula is C23H25N7O5. The van der Waals surface area contributed by atoms with E-state index in [0.717, 1.165) is 19.3 Å². The number of carbonyl (C=O) groups excluding carboxylic acids is 2. The number of nitrogens with zero attached hydrogens (tertiary/aromatic N) is 5. The van der Waals surface area contributed by atoms with Crippen molar-refractivity contribution in [1.82, 2.24) is 25.3 Å². The molecule has 0 unspecified atom stereocenters. The molecule has 182 valence electrons. The molecule has 0 aromatic carbocycles. The lowest BCUT2D eigenvalue weighted by molar-refractivity contribution is 0.0930. The Labute approximate surface area is 201 Å². The van der Waals surface area contributed by atoms with Gasteiger partial charge in [0.15, 0.2) is 5.69 Å². The summed E-state index contributed by atoms with van der Waals surface area (Å²) in [7, 11) is 0. The molecule has 35 heavy (non-hydrogen) atoms. The summed E-state index contributed by atoms with van der Waals surface area (Å²) in [6.45, 7) is 2.39. The second-order valence-corrected chi connectivity index (χ2v) is 8.26. The van der Waals surface area contributed by atoms with Crippen LogP contribution in [0.15, 0.2) is 47.6 Å². The van der Waals surface area contributed by atoms with Gasteiger partial charge in [-0.3, -0.25) is 14.6 Å². The van der Waals surface area contributed by atoms with Crippen molar-refractivity contribution in [1.29, 1.82) is 0 Å². The van der Waals surface area contributed by atoms with E-state index in [1.165, 1.54) is 18.7 Å². The van der Waals surface area contributed by atoms with Gasteiger partial charge in [0.2, 0.25) is 0 Å². The van der Waals surface area contributed by atoms with Crippen LogP contribution in [0.1, 0.15) is 40.1 Å². The molecule has 2 aliphatic rings. The summed E-state index contributed by atoms with van der Waals surface area (Å²) in [5.74, 6) is -0.796. The van der Waals surface area contributed by atoms with E-state index in [0.29, 0.717) is 49.6 Å². The van der Waals surface area contributed by atoms with Crippen LogP contribution in [0.3, 0.4) is 0 Å². The number of hydrogen-bond donors (Lipinski definition) is 2. The molecule has 5 rings (SSSR count). The average molecular weight is 479 g/mol. The minimum absolute atomic E-state index is 0.00248. The first kappa shape index (κ1) is 22.7. The minimum Gasteiger partial charge on any atom is -0.460 e. The maximum Gasteiger partial charge on any atom is 0.316 e. The third-order valence-corrected chi connectivity index (χ3v) is 5.83. The quantitative estimate of drug-likeness (QED) is 0.513. The van der Waals surface area contributed by atoms with Crippen LogP contribution in [0.2, 0.25) is 0 Å². The molecule has 0 radical (unpaired) electrons. The Kier molecular flexibility index (Phi) is 6.80. The molecule has 2 N–H and O–H groups in total. The van der Waals surface area contributed by atoms with Crippen molar-refractivity contribution in [3.63, 3.8) is 0 Å². The van der Waals surface area contributed by atoms with Crippen LogP contribution >= 0.6 is 0 Å². The van der Waals surface area contributed by atoms with Crippen LogP contribution in [0.25, 0.3) is 0 Å². The van der Waals surface area contributed by atoms with Gasteiger partial charge in [0.05, 0.1) is 30.1 Å². The monoisotopic (exact) mass is 479 g/mol. The molecule has 1 atom stereocenters. The fourth-order valence-corrected chi connectivity index (χ4v) is 3.96. The number of anilines is 2. The molecule has 3 aromatic rings. The molecule has 2 amide bonds. The third-order valence-electron chi connectivity index (χ3n) is 5.83. The van der Waals surface area contributed by atoms with Gasteiger partial charge in [-0.1, -0.05) is 0 Å². The largest absolute Gasteiger partial charge is 0.460 e. The fourth-order valence-electron chi connectivity index (χ4n) is 3.96. The second kappa shape index (κ2) is 10.5. The number of oxazole rings is 1. The molecule has 5 heterocycles. The summed E-state index contributed by atoms with van der Waals surface area (Å²) in [5, 5.41) is 5.63. The molecular weight excluding hydrogens is 454 g/mol. The van der Waals surface area contributed by atoms with Gasteiger partial charge in [0, 0.05) is 51.1 Å². The number of piperidine rings is 1. The van der Waals surface area contributed by atoms with E-state index in [1.54, 1.807) is 24.5 Å². The van der Waals surface area contributed by atoms with Crippen molar-refractivity contribution in [3.05, 3.63) is 54.4 Å². The third kappa shape index (κ3) is 5.54.